The first-order valence-corrected chi connectivity index (χ1v) is 5.06. The Kier molecular flexibility index (Phi) is 2.14. The van der Waals surface area contributed by atoms with E-state index in [1.807, 2.05) is 6.07 Å². The molecular formula is C12H17NO. The number of anilines is 1. The molecule has 0 saturated carbocycles. The van der Waals surface area contributed by atoms with Crippen molar-refractivity contribution in [1.82, 2.24) is 0 Å². The minimum absolute atomic E-state index is 0.208. The minimum Gasteiger partial charge on any atom is -0.497 e. The third kappa shape index (κ3) is 1.69. The second-order valence-corrected chi connectivity index (χ2v) is 4.53. The summed E-state index contributed by atoms with van der Waals surface area (Å²) in [5, 5.41) is 3.53. The van der Waals surface area contributed by atoms with Crippen LogP contribution in [0.4, 0.5) is 5.69 Å². The molecule has 1 aromatic carbocycles. The monoisotopic (exact) mass is 191 g/mol. The molecule has 0 amide bonds. The van der Waals surface area contributed by atoms with Crippen molar-refractivity contribution in [3.8, 4) is 5.75 Å². The molecule has 0 aromatic heterocycles. The lowest BCUT2D eigenvalue weighted by atomic mass is 9.89. The van der Waals surface area contributed by atoms with Gasteiger partial charge in [0.25, 0.3) is 0 Å². The van der Waals surface area contributed by atoms with Gasteiger partial charge in [-0.1, -0.05) is 6.07 Å². The highest BCUT2D eigenvalue weighted by molar-refractivity contribution is 5.58. The fraction of sp³-hybridized carbons (Fsp3) is 0.500. The summed E-state index contributed by atoms with van der Waals surface area (Å²) in [5.74, 6) is 0.925. The van der Waals surface area contributed by atoms with E-state index in [9.17, 15) is 0 Å². The third-order valence-electron chi connectivity index (χ3n) is 2.81. The van der Waals surface area contributed by atoms with Gasteiger partial charge < -0.3 is 10.1 Å². The van der Waals surface area contributed by atoms with Gasteiger partial charge in [0.2, 0.25) is 0 Å². The SMILES string of the molecule is COc1ccc2c(c1)NC(C)(C)CC2. The van der Waals surface area contributed by atoms with E-state index in [1.165, 1.54) is 17.7 Å². The van der Waals surface area contributed by atoms with Crippen LogP contribution in [0.5, 0.6) is 5.75 Å². The van der Waals surface area contributed by atoms with Crippen LogP contribution in [0.1, 0.15) is 25.8 Å². The minimum atomic E-state index is 0.208. The number of ether oxygens (including phenoxy) is 1. The molecule has 76 valence electrons. The summed E-state index contributed by atoms with van der Waals surface area (Å²) in [7, 11) is 1.70. The average Bonchev–Trinajstić information content (AvgIpc) is 2.15. The summed E-state index contributed by atoms with van der Waals surface area (Å²) < 4.78 is 5.21. The van der Waals surface area contributed by atoms with Gasteiger partial charge in [0.15, 0.2) is 0 Å². The molecule has 2 heteroatoms. The molecule has 0 aliphatic carbocycles. The highest BCUT2D eigenvalue weighted by Gasteiger charge is 2.23. The third-order valence-corrected chi connectivity index (χ3v) is 2.81. The average molecular weight is 191 g/mol. The van der Waals surface area contributed by atoms with Gasteiger partial charge in [0.05, 0.1) is 7.11 Å². The van der Waals surface area contributed by atoms with Gasteiger partial charge >= 0.3 is 0 Å². The van der Waals surface area contributed by atoms with Crippen molar-refractivity contribution in [2.75, 3.05) is 12.4 Å². The summed E-state index contributed by atoms with van der Waals surface area (Å²) in [6.07, 6.45) is 2.34. The van der Waals surface area contributed by atoms with Crippen LogP contribution in [0.25, 0.3) is 0 Å². The highest BCUT2D eigenvalue weighted by Crippen LogP contribution is 2.32. The number of nitrogens with one attached hydrogen (secondary N) is 1. The Bertz CT molecular complexity index is 344. The zero-order chi connectivity index (χ0) is 10.2. The fourth-order valence-electron chi connectivity index (χ4n) is 1.89. The second-order valence-electron chi connectivity index (χ2n) is 4.53. The van der Waals surface area contributed by atoms with Crippen molar-refractivity contribution < 1.29 is 4.74 Å². The molecule has 0 atom stereocenters. The van der Waals surface area contributed by atoms with E-state index >= 15 is 0 Å². The Morgan fingerprint density at radius 3 is 2.86 bits per heavy atom. The van der Waals surface area contributed by atoms with Crippen molar-refractivity contribution >= 4 is 5.69 Å². The molecule has 14 heavy (non-hydrogen) atoms. The van der Waals surface area contributed by atoms with Crippen molar-refractivity contribution in [3.05, 3.63) is 23.8 Å². The van der Waals surface area contributed by atoms with E-state index in [4.69, 9.17) is 4.74 Å². The highest BCUT2D eigenvalue weighted by atomic mass is 16.5. The molecule has 2 nitrogen and oxygen atoms in total. The quantitative estimate of drug-likeness (QED) is 0.737. The number of aryl methyl sites for hydroxylation is 1. The van der Waals surface area contributed by atoms with Crippen molar-refractivity contribution in [2.24, 2.45) is 0 Å². The van der Waals surface area contributed by atoms with Gasteiger partial charge in [-0.15, -0.1) is 0 Å². The van der Waals surface area contributed by atoms with E-state index in [2.05, 4.69) is 31.3 Å². The lowest BCUT2D eigenvalue weighted by molar-refractivity contribution is 0.414. The molecule has 1 N–H and O–H groups in total. The zero-order valence-corrected chi connectivity index (χ0v) is 9.05. The van der Waals surface area contributed by atoms with E-state index in [0.29, 0.717) is 0 Å². The molecule has 0 unspecified atom stereocenters. The second kappa shape index (κ2) is 3.19. The predicted octanol–water partition coefficient (Wildman–Crippen LogP) is 2.83. The van der Waals surface area contributed by atoms with Gasteiger partial charge in [-0.2, -0.15) is 0 Å². The number of rotatable bonds is 1. The Morgan fingerprint density at radius 1 is 1.36 bits per heavy atom. The first-order chi connectivity index (χ1) is 6.61. The molecule has 1 aliphatic rings. The maximum absolute atomic E-state index is 5.21. The lowest BCUT2D eigenvalue weighted by Gasteiger charge is -2.33. The zero-order valence-electron chi connectivity index (χ0n) is 9.05. The molecule has 0 bridgehead atoms. The topological polar surface area (TPSA) is 21.3 Å². The number of benzene rings is 1. The fourth-order valence-corrected chi connectivity index (χ4v) is 1.89. The lowest BCUT2D eigenvalue weighted by Crippen LogP contribution is -2.35. The Morgan fingerprint density at radius 2 is 2.14 bits per heavy atom. The molecule has 0 saturated heterocycles. The smallest absolute Gasteiger partial charge is 0.120 e. The molecule has 1 aliphatic heterocycles. The van der Waals surface area contributed by atoms with Crippen LogP contribution in [0.15, 0.2) is 18.2 Å². The van der Waals surface area contributed by atoms with Crippen molar-refractivity contribution in [1.29, 1.82) is 0 Å². The maximum Gasteiger partial charge on any atom is 0.120 e. The van der Waals surface area contributed by atoms with Crippen LogP contribution < -0.4 is 10.1 Å². The summed E-state index contributed by atoms with van der Waals surface area (Å²) >= 11 is 0. The van der Waals surface area contributed by atoms with Gasteiger partial charge in [-0.05, 0) is 38.3 Å². The molecule has 1 heterocycles. The van der Waals surface area contributed by atoms with Crippen LogP contribution in [0, 0.1) is 0 Å². The predicted molar refractivity (Wildman–Crippen MR) is 59.0 cm³/mol. The first kappa shape index (κ1) is 9.38. The number of fused-ring (bicyclic) bond motifs is 1. The van der Waals surface area contributed by atoms with Gasteiger partial charge in [-0.3, -0.25) is 0 Å². The molecule has 0 radical (unpaired) electrons. The van der Waals surface area contributed by atoms with Crippen LogP contribution in [-0.4, -0.2) is 12.6 Å². The van der Waals surface area contributed by atoms with Crippen LogP contribution in [0.3, 0.4) is 0 Å². The molecular weight excluding hydrogens is 174 g/mol. The van der Waals surface area contributed by atoms with E-state index < -0.39 is 0 Å². The first-order valence-electron chi connectivity index (χ1n) is 5.06. The van der Waals surface area contributed by atoms with E-state index in [-0.39, 0.29) is 5.54 Å². The molecule has 1 aromatic rings. The largest absolute Gasteiger partial charge is 0.497 e. The van der Waals surface area contributed by atoms with Gasteiger partial charge in [0.1, 0.15) is 5.75 Å². The summed E-state index contributed by atoms with van der Waals surface area (Å²) in [4.78, 5) is 0. The Labute approximate surface area is 85.3 Å². The summed E-state index contributed by atoms with van der Waals surface area (Å²) in [5.41, 5.74) is 2.82. The van der Waals surface area contributed by atoms with E-state index in [0.717, 1.165) is 12.2 Å². The van der Waals surface area contributed by atoms with Crippen LogP contribution in [-0.2, 0) is 6.42 Å². The maximum atomic E-state index is 5.21. The molecule has 0 fully saturated rings. The Balaban J connectivity index is 2.34. The number of hydrogen-bond donors (Lipinski definition) is 1. The van der Waals surface area contributed by atoms with Gasteiger partial charge in [0, 0.05) is 17.3 Å². The standard InChI is InChI=1S/C12H17NO/c1-12(2)7-6-9-4-5-10(14-3)8-11(9)13-12/h4-5,8,13H,6-7H2,1-3H3. The normalized spacial score (nSPS) is 18.2. The van der Waals surface area contributed by atoms with E-state index in [1.54, 1.807) is 7.11 Å². The summed E-state index contributed by atoms with van der Waals surface area (Å²) in [6, 6.07) is 6.26. The summed E-state index contributed by atoms with van der Waals surface area (Å²) in [6.45, 7) is 4.46. The van der Waals surface area contributed by atoms with Gasteiger partial charge in [-0.25, -0.2) is 0 Å². The van der Waals surface area contributed by atoms with Crippen LogP contribution in [0.2, 0.25) is 0 Å². The van der Waals surface area contributed by atoms with Crippen LogP contribution >= 0.6 is 0 Å². The van der Waals surface area contributed by atoms with Crippen molar-refractivity contribution in [3.63, 3.8) is 0 Å². The number of hydrogen-bond acceptors (Lipinski definition) is 2. The molecule has 2 rings (SSSR count). The molecule has 0 spiro atoms. The van der Waals surface area contributed by atoms with Crippen molar-refractivity contribution in [2.45, 2.75) is 32.2 Å². The number of methoxy groups -OCH3 is 1. The Hall–Kier alpha value is -1.18.